The van der Waals surface area contributed by atoms with Crippen LogP contribution in [0.4, 0.5) is 0 Å². The lowest BCUT2D eigenvalue weighted by atomic mass is 10.0. The van der Waals surface area contributed by atoms with E-state index in [2.05, 4.69) is 0 Å². The molecule has 1 aliphatic heterocycles. The molecule has 0 radical (unpaired) electrons. The van der Waals surface area contributed by atoms with E-state index in [4.69, 9.17) is 13.9 Å². The van der Waals surface area contributed by atoms with Crippen LogP contribution in [-0.2, 0) is 4.74 Å². The molecule has 2 aromatic carbocycles. The van der Waals surface area contributed by atoms with Crippen molar-refractivity contribution >= 4 is 11.0 Å². The zero-order chi connectivity index (χ0) is 22.0. The van der Waals surface area contributed by atoms with Gasteiger partial charge in [0, 0.05) is 6.07 Å². The fourth-order valence-electron chi connectivity index (χ4n) is 3.39. The van der Waals surface area contributed by atoms with Crippen molar-refractivity contribution in [3.05, 3.63) is 71.1 Å². The number of phenols is 1. The van der Waals surface area contributed by atoms with Crippen LogP contribution < -0.4 is 10.2 Å². The number of ether oxygens (including phenoxy) is 2. The highest BCUT2D eigenvalue weighted by Crippen LogP contribution is 2.26. The van der Waals surface area contributed by atoms with Crippen LogP contribution in [0, 0.1) is 0 Å². The van der Waals surface area contributed by atoms with E-state index in [1.165, 1.54) is 18.4 Å². The summed E-state index contributed by atoms with van der Waals surface area (Å²) in [6, 6.07) is 11.0. The Morgan fingerprint density at radius 3 is 2.61 bits per heavy atom. The lowest BCUT2D eigenvalue weighted by molar-refractivity contribution is -0.166. The minimum absolute atomic E-state index is 0.103. The summed E-state index contributed by atoms with van der Waals surface area (Å²) in [6.45, 7) is -0.488. The topological polar surface area (TPSA) is 130 Å². The molecule has 8 heteroatoms. The summed E-state index contributed by atoms with van der Waals surface area (Å²) in [5, 5.41) is 39.1. The van der Waals surface area contributed by atoms with E-state index in [-0.39, 0.29) is 17.6 Å². The first kappa shape index (κ1) is 21.1. The summed E-state index contributed by atoms with van der Waals surface area (Å²) < 4.78 is 17.0. The van der Waals surface area contributed by atoms with Gasteiger partial charge in [-0.1, -0.05) is 18.2 Å². The fourth-order valence-corrected chi connectivity index (χ4v) is 3.39. The fraction of sp³-hybridized carbons (Fsp3) is 0.261. The number of phenolic OH excluding ortho intramolecular Hbond substituents is 1. The number of benzene rings is 2. The first-order chi connectivity index (χ1) is 15.0. The predicted molar refractivity (Wildman–Crippen MR) is 112 cm³/mol. The number of aromatic hydroxyl groups is 1. The minimum Gasteiger partial charge on any atom is -0.508 e. The zero-order valence-electron chi connectivity index (χ0n) is 16.4. The standard InChI is InChI=1S/C23H22O8/c24-11-20-23(28)18(26)2-1-3-21(31-20)30-15-8-9-16-19(10-15)29-12-17(22(16)27)13-4-6-14(25)7-5-13/h1,3-10,12,18,20-21,23-26,28H,2,11H2/t18-,20?,21?,23?/m1/s1. The summed E-state index contributed by atoms with van der Waals surface area (Å²) in [5.74, 6) is 0.460. The molecule has 0 spiro atoms. The summed E-state index contributed by atoms with van der Waals surface area (Å²) >= 11 is 0. The molecule has 0 aliphatic carbocycles. The monoisotopic (exact) mass is 426 g/mol. The molecule has 162 valence electrons. The number of aliphatic hydroxyl groups is 3. The van der Waals surface area contributed by atoms with Gasteiger partial charge in [0.1, 0.15) is 35.6 Å². The number of aliphatic hydroxyl groups excluding tert-OH is 3. The summed E-state index contributed by atoms with van der Waals surface area (Å²) in [7, 11) is 0. The second-order valence-electron chi connectivity index (χ2n) is 7.25. The van der Waals surface area contributed by atoms with Crippen LogP contribution in [-0.4, -0.2) is 51.6 Å². The van der Waals surface area contributed by atoms with E-state index >= 15 is 0 Å². The second kappa shape index (κ2) is 8.91. The molecule has 3 unspecified atom stereocenters. The minimum atomic E-state index is -1.26. The van der Waals surface area contributed by atoms with Gasteiger partial charge in [0.25, 0.3) is 0 Å². The van der Waals surface area contributed by atoms with Crippen molar-refractivity contribution in [3.8, 4) is 22.6 Å². The van der Waals surface area contributed by atoms with Gasteiger partial charge in [-0.25, -0.2) is 0 Å². The largest absolute Gasteiger partial charge is 0.508 e. The Kier molecular flexibility index (Phi) is 6.06. The smallest absolute Gasteiger partial charge is 0.220 e. The highest BCUT2D eigenvalue weighted by atomic mass is 16.7. The molecule has 31 heavy (non-hydrogen) atoms. The average Bonchev–Trinajstić information content (AvgIpc) is 2.77. The van der Waals surface area contributed by atoms with E-state index in [0.717, 1.165) is 0 Å². The molecular formula is C23H22O8. The SMILES string of the molecule is O=c1c(-c2ccc(O)cc2)coc2cc(OC3C=CC[C@@H](O)C(O)C(CO)O3)ccc12. The van der Waals surface area contributed by atoms with E-state index < -0.39 is 31.2 Å². The molecule has 0 saturated heterocycles. The average molecular weight is 426 g/mol. The maximum atomic E-state index is 12.9. The molecule has 0 fully saturated rings. The van der Waals surface area contributed by atoms with Gasteiger partial charge in [0.2, 0.25) is 6.29 Å². The van der Waals surface area contributed by atoms with Crippen LogP contribution >= 0.6 is 0 Å². The molecule has 1 aliphatic rings. The first-order valence-corrected chi connectivity index (χ1v) is 9.77. The Bertz CT molecular complexity index is 1130. The third kappa shape index (κ3) is 4.47. The Morgan fingerprint density at radius 1 is 1.10 bits per heavy atom. The van der Waals surface area contributed by atoms with E-state index in [1.54, 1.807) is 42.5 Å². The maximum Gasteiger partial charge on any atom is 0.220 e. The maximum absolute atomic E-state index is 12.9. The summed E-state index contributed by atoms with van der Waals surface area (Å²) in [5.41, 5.74) is 1.08. The van der Waals surface area contributed by atoms with Crippen molar-refractivity contribution in [2.45, 2.75) is 31.0 Å². The number of rotatable bonds is 4. The Balaban J connectivity index is 1.60. The number of hydrogen-bond acceptors (Lipinski definition) is 8. The van der Waals surface area contributed by atoms with Gasteiger partial charge in [-0.2, -0.15) is 0 Å². The van der Waals surface area contributed by atoms with E-state index in [9.17, 15) is 25.2 Å². The first-order valence-electron chi connectivity index (χ1n) is 9.77. The molecule has 4 N–H and O–H groups in total. The van der Waals surface area contributed by atoms with Crippen molar-refractivity contribution < 1.29 is 34.3 Å². The quantitative estimate of drug-likeness (QED) is 0.466. The third-order valence-corrected chi connectivity index (χ3v) is 5.11. The van der Waals surface area contributed by atoms with Gasteiger partial charge in [-0.3, -0.25) is 4.79 Å². The Morgan fingerprint density at radius 2 is 1.87 bits per heavy atom. The molecule has 0 amide bonds. The molecule has 0 bridgehead atoms. The molecule has 8 nitrogen and oxygen atoms in total. The van der Waals surface area contributed by atoms with E-state index in [0.29, 0.717) is 27.8 Å². The molecule has 0 saturated carbocycles. The van der Waals surface area contributed by atoms with Crippen molar-refractivity contribution in [2.75, 3.05) is 6.61 Å². The van der Waals surface area contributed by atoms with Gasteiger partial charge in [-0.05, 0) is 42.3 Å². The van der Waals surface area contributed by atoms with Crippen LogP contribution in [0.25, 0.3) is 22.1 Å². The van der Waals surface area contributed by atoms with Crippen LogP contribution in [0.15, 0.2) is 70.1 Å². The summed E-state index contributed by atoms with van der Waals surface area (Å²) in [4.78, 5) is 12.9. The molecule has 1 aromatic heterocycles. The molecule has 4 rings (SSSR count). The van der Waals surface area contributed by atoms with Crippen LogP contribution in [0.5, 0.6) is 11.5 Å². The zero-order valence-corrected chi connectivity index (χ0v) is 16.4. The van der Waals surface area contributed by atoms with Crippen molar-refractivity contribution in [1.82, 2.24) is 0 Å². The van der Waals surface area contributed by atoms with Gasteiger partial charge in [-0.15, -0.1) is 0 Å². The Labute approximate surface area is 177 Å². The number of fused-ring (bicyclic) bond motifs is 1. The predicted octanol–water partition coefficient (Wildman–Crippen LogP) is 1.93. The van der Waals surface area contributed by atoms with Gasteiger partial charge >= 0.3 is 0 Å². The highest BCUT2D eigenvalue weighted by Gasteiger charge is 2.30. The number of hydrogen-bond donors (Lipinski definition) is 4. The van der Waals surface area contributed by atoms with Crippen molar-refractivity contribution in [2.24, 2.45) is 0 Å². The van der Waals surface area contributed by atoms with E-state index in [1.807, 2.05) is 0 Å². The molecule has 2 heterocycles. The van der Waals surface area contributed by atoms with Crippen molar-refractivity contribution in [3.63, 3.8) is 0 Å². The molecule has 3 aromatic rings. The van der Waals surface area contributed by atoms with Gasteiger partial charge in [0.15, 0.2) is 5.43 Å². The molecular weight excluding hydrogens is 404 g/mol. The van der Waals surface area contributed by atoms with Crippen LogP contribution in [0.1, 0.15) is 6.42 Å². The highest BCUT2D eigenvalue weighted by molar-refractivity contribution is 5.82. The molecule has 4 atom stereocenters. The van der Waals surface area contributed by atoms with Gasteiger partial charge < -0.3 is 34.3 Å². The summed E-state index contributed by atoms with van der Waals surface area (Å²) in [6.07, 6.45) is 0.501. The van der Waals surface area contributed by atoms with Crippen molar-refractivity contribution in [1.29, 1.82) is 0 Å². The van der Waals surface area contributed by atoms with Crippen LogP contribution in [0.3, 0.4) is 0 Å². The lowest BCUT2D eigenvalue weighted by Gasteiger charge is -2.30. The third-order valence-electron chi connectivity index (χ3n) is 5.11. The van der Waals surface area contributed by atoms with Crippen LogP contribution in [0.2, 0.25) is 0 Å². The lowest BCUT2D eigenvalue weighted by Crippen LogP contribution is -2.44. The van der Waals surface area contributed by atoms with Gasteiger partial charge in [0.05, 0.1) is 23.7 Å². The second-order valence-corrected chi connectivity index (χ2v) is 7.25. The Hall–Kier alpha value is -3.17. The normalized spacial score (nSPS) is 24.0.